The van der Waals surface area contributed by atoms with Crippen molar-refractivity contribution in [1.29, 1.82) is 0 Å². The second kappa shape index (κ2) is 8.05. The minimum Gasteiger partial charge on any atom is -0.312 e. The van der Waals surface area contributed by atoms with E-state index in [1.54, 1.807) is 23.1 Å². The van der Waals surface area contributed by atoms with Crippen molar-refractivity contribution in [2.45, 2.75) is 57.9 Å². The maximum Gasteiger partial charge on any atom is 0.241 e. The second-order valence-electron chi connectivity index (χ2n) is 7.54. The van der Waals surface area contributed by atoms with Crippen LogP contribution in [0.15, 0.2) is 41.3 Å². The summed E-state index contributed by atoms with van der Waals surface area (Å²) < 4.78 is 28.9. The Balaban J connectivity index is 1.87. The topological polar surface area (TPSA) is 66.5 Å². The van der Waals surface area contributed by atoms with Gasteiger partial charge in [0.1, 0.15) is 0 Å². The number of hydrogen-bond acceptors (Lipinski definition) is 3. The lowest BCUT2D eigenvalue weighted by atomic mass is 9.98. The molecule has 1 atom stereocenters. The molecule has 1 fully saturated rings. The monoisotopic (exact) mass is 400 g/mol. The fourth-order valence-corrected chi connectivity index (χ4v) is 5.22. The standard InChI is InChI=1S/C22H28N2O3S/c1-5-20(19-10-8-15(2)13-16(19)3)23-28(26,27)18-9-11-21(17(4)14-18)24-12-6-7-22(24)25/h8-11,13-14,20,23H,5-7,12H2,1-4H3/t20-/m1/s1. The van der Waals surface area contributed by atoms with Crippen molar-refractivity contribution in [3.05, 3.63) is 58.7 Å². The van der Waals surface area contributed by atoms with Gasteiger partial charge in [-0.05, 0) is 68.5 Å². The SMILES string of the molecule is CC[C@@H](NS(=O)(=O)c1ccc(N2CCCC2=O)c(C)c1)c1ccc(C)cc1C. The summed E-state index contributed by atoms with van der Waals surface area (Å²) in [6, 6.07) is 10.8. The van der Waals surface area contributed by atoms with E-state index in [0.29, 0.717) is 19.4 Å². The quantitative estimate of drug-likeness (QED) is 0.791. The first kappa shape index (κ1) is 20.6. The van der Waals surface area contributed by atoms with Gasteiger partial charge in [0, 0.05) is 24.7 Å². The Labute approximate surface area is 167 Å². The molecule has 2 aromatic rings. The van der Waals surface area contributed by atoms with Gasteiger partial charge in [-0.15, -0.1) is 0 Å². The molecule has 1 N–H and O–H groups in total. The molecule has 0 saturated carbocycles. The van der Waals surface area contributed by atoms with Gasteiger partial charge in [-0.3, -0.25) is 4.79 Å². The Bertz CT molecular complexity index is 999. The summed E-state index contributed by atoms with van der Waals surface area (Å²) in [7, 11) is -3.68. The average Bonchev–Trinajstić information content (AvgIpc) is 3.06. The number of nitrogens with one attached hydrogen (secondary N) is 1. The zero-order valence-corrected chi connectivity index (χ0v) is 17.8. The van der Waals surface area contributed by atoms with Gasteiger partial charge in [0.05, 0.1) is 4.90 Å². The van der Waals surface area contributed by atoms with Crippen LogP contribution in [0.25, 0.3) is 0 Å². The number of amides is 1. The Morgan fingerprint density at radius 3 is 2.39 bits per heavy atom. The van der Waals surface area contributed by atoms with Crippen LogP contribution in [0.4, 0.5) is 5.69 Å². The van der Waals surface area contributed by atoms with Crippen LogP contribution in [0.5, 0.6) is 0 Å². The Morgan fingerprint density at radius 2 is 1.82 bits per heavy atom. The van der Waals surface area contributed by atoms with Gasteiger partial charge >= 0.3 is 0 Å². The summed E-state index contributed by atoms with van der Waals surface area (Å²) in [4.78, 5) is 14.0. The summed E-state index contributed by atoms with van der Waals surface area (Å²) in [5, 5.41) is 0. The van der Waals surface area contributed by atoms with Crippen molar-refractivity contribution in [1.82, 2.24) is 4.72 Å². The first-order chi connectivity index (χ1) is 13.2. The molecule has 2 aromatic carbocycles. The fraction of sp³-hybridized carbons (Fsp3) is 0.409. The normalized spacial score (nSPS) is 15.9. The van der Waals surface area contributed by atoms with Crippen LogP contribution in [0, 0.1) is 20.8 Å². The third kappa shape index (κ3) is 4.13. The Morgan fingerprint density at radius 1 is 1.07 bits per heavy atom. The molecule has 1 heterocycles. The number of aryl methyl sites for hydroxylation is 3. The predicted octanol–water partition coefficient (Wildman–Crippen LogP) is 4.17. The van der Waals surface area contributed by atoms with Crippen LogP contribution in [0.1, 0.15) is 54.5 Å². The molecular weight excluding hydrogens is 372 g/mol. The molecule has 1 aliphatic heterocycles. The summed E-state index contributed by atoms with van der Waals surface area (Å²) in [5.41, 5.74) is 4.81. The number of carbonyl (C=O) groups is 1. The van der Waals surface area contributed by atoms with Gasteiger partial charge in [-0.1, -0.05) is 30.7 Å². The highest BCUT2D eigenvalue weighted by Gasteiger charge is 2.25. The highest BCUT2D eigenvalue weighted by atomic mass is 32.2. The Kier molecular flexibility index (Phi) is 5.91. The van der Waals surface area contributed by atoms with Crippen LogP contribution in [0.3, 0.4) is 0 Å². The molecule has 5 nitrogen and oxygen atoms in total. The molecule has 0 aliphatic carbocycles. The smallest absolute Gasteiger partial charge is 0.241 e. The minimum absolute atomic E-state index is 0.0951. The molecule has 1 saturated heterocycles. The molecule has 0 spiro atoms. The molecule has 150 valence electrons. The van der Waals surface area contributed by atoms with Crippen molar-refractivity contribution in [2.75, 3.05) is 11.4 Å². The third-order valence-electron chi connectivity index (χ3n) is 5.35. The molecule has 3 rings (SSSR count). The molecule has 28 heavy (non-hydrogen) atoms. The van der Waals surface area contributed by atoms with Gasteiger partial charge < -0.3 is 4.90 Å². The number of nitrogens with zero attached hydrogens (tertiary/aromatic N) is 1. The van der Waals surface area contributed by atoms with Gasteiger partial charge in [0.15, 0.2) is 0 Å². The van der Waals surface area contributed by atoms with Crippen LogP contribution in [-0.2, 0) is 14.8 Å². The molecule has 0 radical (unpaired) electrons. The lowest BCUT2D eigenvalue weighted by Crippen LogP contribution is -2.29. The number of anilines is 1. The van der Waals surface area contributed by atoms with Crippen molar-refractivity contribution in [3.8, 4) is 0 Å². The summed E-state index contributed by atoms with van der Waals surface area (Å²) in [6.45, 7) is 8.54. The lowest BCUT2D eigenvalue weighted by molar-refractivity contribution is -0.117. The number of hydrogen-bond donors (Lipinski definition) is 1. The van der Waals surface area contributed by atoms with Gasteiger partial charge in [-0.25, -0.2) is 13.1 Å². The zero-order chi connectivity index (χ0) is 20.5. The van der Waals surface area contributed by atoms with Crippen LogP contribution >= 0.6 is 0 Å². The molecule has 0 aromatic heterocycles. The molecule has 1 aliphatic rings. The number of sulfonamides is 1. The molecule has 0 bridgehead atoms. The van der Waals surface area contributed by atoms with E-state index in [2.05, 4.69) is 10.8 Å². The van der Waals surface area contributed by atoms with E-state index in [9.17, 15) is 13.2 Å². The van der Waals surface area contributed by atoms with Gasteiger partial charge in [0.2, 0.25) is 15.9 Å². The maximum absolute atomic E-state index is 13.0. The lowest BCUT2D eigenvalue weighted by Gasteiger charge is -2.22. The van der Waals surface area contributed by atoms with E-state index in [1.165, 1.54) is 0 Å². The highest BCUT2D eigenvalue weighted by molar-refractivity contribution is 7.89. The number of benzene rings is 2. The van der Waals surface area contributed by atoms with E-state index in [1.807, 2.05) is 39.8 Å². The van der Waals surface area contributed by atoms with Crippen LogP contribution in [0.2, 0.25) is 0 Å². The molecule has 1 amide bonds. The van der Waals surface area contributed by atoms with E-state index in [-0.39, 0.29) is 16.8 Å². The predicted molar refractivity (Wildman–Crippen MR) is 112 cm³/mol. The van der Waals surface area contributed by atoms with E-state index in [4.69, 9.17) is 0 Å². The molecule has 6 heteroatoms. The minimum atomic E-state index is -3.68. The zero-order valence-electron chi connectivity index (χ0n) is 17.0. The largest absolute Gasteiger partial charge is 0.312 e. The maximum atomic E-state index is 13.0. The van der Waals surface area contributed by atoms with E-state index >= 15 is 0 Å². The number of carbonyl (C=O) groups excluding carboxylic acids is 1. The highest BCUT2D eigenvalue weighted by Crippen LogP contribution is 2.29. The number of rotatable bonds is 6. The third-order valence-corrected chi connectivity index (χ3v) is 6.82. The average molecular weight is 401 g/mol. The first-order valence-electron chi connectivity index (χ1n) is 9.73. The molecular formula is C22H28N2O3S. The fourth-order valence-electron chi connectivity index (χ4n) is 3.84. The summed E-state index contributed by atoms with van der Waals surface area (Å²) in [5.74, 6) is 0.0951. The van der Waals surface area contributed by atoms with Crippen molar-refractivity contribution < 1.29 is 13.2 Å². The van der Waals surface area contributed by atoms with Gasteiger partial charge in [0.25, 0.3) is 0 Å². The van der Waals surface area contributed by atoms with Crippen LogP contribution in [-0.4, -0.2) is 20.9 Å². The van der Waals surface area contributed by atoms with Gasteiger partial charge in [-0.2, -0.15) is 0 Å². The van der Waals surface area contributed by atoms with Crippen molar-refractivity contribution in [2.24, 2.45) is 0 Å². The van der Waals surface area contributed by atoms with Crippen molar-refractivity contribution in [3.63, 3.8) is 0 Å². The second-order valence-corrected chi connectivity index (χ2v) is 9.25. The Hall–Kier alpha value is -2.18. The van der Waals surface area contributed by atoms with E-state index < -0.39 is 10.0 Å². The van der Waals surface area contributed by atoms with E-state index in [0.717, 1.165) is 34.4 Å². The molecule has 0 unspecified atom stereocenters. The summed E-state index contributed by atoms with van der Waals surface area (Å²) in [6.07, 6.45) is 2.05. The summed E-state index contributed by atoms with van der Waals surface area (Å²) >= 11 is 0. The van der Waals surface area contributed by atoms with Crippen molar-refractivity contribution >= 4 is 21.6 Å². The first-order valence-corrected chi connectivity index (χ1v) is 11.2. The van der Waals surface area contributed by atoms with Crippen LogP contribution < -0.4 is 9.62 Å².